The highest BCUT2D eigenvalue weighted by atomic mass is 32.2. The van der Waals surface area contributed by atoms with Crippen molar-refractivity contribution in [3.05, 3.63) is 46.2 Å². The predicted molar refractivity (Wildman–Crippen MR) is 73.3 cm³/mol. The SMILES string of the molecule is Cc1ccc(NS(=O)(=O)c2ccsc2)c(C(=O)O)c1. The van der Waals surface area contributed by atoms with Gasteiger partial charge in [-0.3, -0.25) is 4.72 Å². The van der Waals surface area contributed by atoms with Gasteiger partial charge in [0.1, 0.15) is 0 Å². The summed E-state index contributed by atoms with van der Waals surface area (Å²) in [7, 11) is -3.74. The van der Waals surface area contributed by atoms with Gasteiger partial charge in [-0.15, -0.1) is 0 Å². The topological polar surface area (TPSA) is 83.5 Å². The quantitative estimate of drug-likeness (QED) is 0.908. The lowest BCUT2D eigenvalue weighted by atomic mass is 10.1. The van der Waals surface area contributed by atoms with E-state index < -0.39 is 16.0 Å². The first-order valence-corrected chi connectivity index (χ1v) is 7.72. The second-order valence-electron chi connectivity index (χ2n) is 3.92. The summed E-state index contributed by atoms with van der Waals surface area (Å²) in [5.41, 5.74) is 0.735. The fraction of sp³-hybridized carbons (Fsp3) is 0.0833. The van der Waals surface area contributed by atoms with Crippen molar-refractivity contribution in [2.24, 2.45) is 0 Å². The van der Waals surface area contributed by atoms with Gasteiger partial charge in [-0.1, -0.05) is 11.6 Å². The lowest BCUT2D eigenvalue weighted by Gasteiger charge is -2.10. The van der Waals surface area contributed by atoms with Gasteiger partial charge in [0.2, 0.25) is 0 Å². The molecule has 0 aliphatic heterocycles. The van der Waals surface area contributed by atoms with Crippen LogP contribution in [-0.2, 0) is 10.0 Å². The molecule has 5 nitrogen and oxygen atoms in total. The molecule has 0 fully saturated rings. The molecule has 0 spiro atoms. The van der Waals surface area contributed by atoms with Crippen LogP contribution in [0.4, 0.5) is 5.69 Å². The summed E-state index contributed by atoms with van der Waals surface area (Å²) in [5, 5.41) is 12.2. The maximum absolute atomic E-state index is 12.0. The number of rotatable bonds is 4. The van der Waals surface area contributed by atoms with Gasteiger partial charge in [-0.05, 0) is 30.5 Å². The lowest BCUT2D eigenvalue weighted by Crippen LogP contribution is -2.15. The summed E-state index contributed by atoms with van der Waals surface area (Å²) in [4.78, 5) is 11.2. The Balaban J connectivity index is 2.42. The Hall–Kier alpha value is -1.86. The van der Waals surface area contributed by atoms with Crippen molar-refractivity contribution >= 4 is 33.0 Å². The fourth-order valence-corrected chi connectivity index (χ4v) is 3.64. The average molecular weight is 297 g/mol. The summed E-state index contributed by atoms with van der Waals surface area (Å²) in [6.45, 7) is 1.74. The number of thiophene rings is 1. The van der Waals surface area contributed by atoms with Crippen molar-refractivity contribution < 1.29 is 18.3 Å². The van der Waals surface area contributed by atoms with E-state index in [4.69, 9.17) is 5.11 Å². The van der Waals surface area contributed by atoms with Crippen LogP contribution in [0.1, 0.15) is 15.9 Å². The van der Waals surface area contributed by atoms with Crippen molar-refractivity contribution in [2.75, 3.05) is 4.72 Å². The van der Waals surface area contributed by atoms with Crippen molar-refractivity contribution in [2.45, 2.75) is 11.8 Å². The van der Waals surface area contributed by atoms with E-state index in [-0.39, 0.29) is 16.1 Å². The zero-order valence-electron chi connectivity index (χ0n) is 9.95. The number of hydrogen-bond acceptors (Lipinski definition) is 4. The van der Waals surface area contributed by atoms with E-state index in [1.165, 1.54) is 34.9 Å². The van der Waals surface area contributed by atoms with E-state index >= 15 is 0 Å². The number of benzene rings is 1. The molecular formula is C12H11NO4S2. The Bertz CT molecular complexity index is 705. The summed E-state index contributed by atoms with van der Waals surface area (Å²) < 4.78 is 26.3. The molecule has 2 aromatic rings. The third kappa shape index (κ3) is 2.94. The van der Waals surface area contributed by atoms with Crippen molar-refractivity contribution in [1.82, 2.24) is 0 Å². The molecule has 100 valence electrons. The smallest absolute Gasteiger partial charge is 0.337 e. The van der Waals surface area contributed by atoms with Gasteiger partial charge in [-0.2, -0.15) is 11.3 Å². The summed E-state index contributed by atoms with van der Waals surface area (Å²) in [6.07, 6.45) is 0. The highest BCUT2D eigenvalue weighted by Gasteiger charge is 2.18. The Morgan fingerprint density at radius 2 is 2.05 bits per heavy atom. The van der Waals surface area contributed by atoms with Gasteiger partial charge < -0.3 is 5.11 Å². The zero-order chi connectivity index (χ0) is 14.0. The van der Waals surface area contributed by atoms with Gasteiger partial charge in [-0.25, -0.2) is 13.2 Å². The van der Waals surface area contributed by atoms with Gasteiger partial charge in [0, 0.05) is 5.38 Å². The molecule has 1 heterocycles. The molecule has 19 heavy (non-hydrogen) atoms. The Morgan fingerprint density at radius 1 is 1.32 bits per heavy atom. The van der Waals surface area contributed by atoms with E-state index in [0.29, 0.717) is 0 Å². The Labute approximate surface area is 114 Å². The second kappa shape index (κ2) is 5.02. The number of anilines is 1. The minimum Gasteiger partial charge on any atom is -0.478 e. The molecule has 0 saturated carbocycles. The number of hydrogen-bond donors (Lipinski definition) is 2. The van der Waals surface area contributed by atoms with Gasteiger partial charge in [0.25, 0.3) is 10.0 Å². The van der Waals surface area contributed by atoms with Crippen LogP contribution in [-0.4, -0.2) is 19.5 Å². The molecule has 0 radical (unpaired) electrons. The molecular weight excluding hydrogens is 286 g/mol. The molecule has 0 saturated heterocycles. The molecule has 0 aliphatic carbocycles. The second-order valence-corrected chi connectivity index (χ2v) is 6.38. The number of sulfonamides is 1. The standard InChI is InChI=1S/C12H11NO4S2/c1-8-2-3-11(10(6-8)12(14)15)13-19(16,17)9-4-5-18-7-9/h2-7,13H,1H3,(H,14,15). The van der Waals surface area contributed by atoms with E-state index in [1.807, 2.05) is 0 Å². The first-order chi connectivity index (χ1) is 8.90. The minimum absolute atomic E-state index is 0.0595. The molecule has 1 aromatic heterocycles. The number of aromatic carboxylic acids is 1. The van der Waals surface area contributed by atoms with Crippen LogP contribution in [0.5, 0.6) is 0 Å². The van der Waals surface area contributed by atoms with Gasteiger partial charge in [0.05, 0.1) is 16.1 Å². The van der Waals surface area contributed by atoms with Crippen molar-refractivity contribution in [3.8, 4) is 0 Å². The minimum atomic E-state index is -3.74. The van der Waals surface area contributed by atoms with E-state index in [1.54, 1.807) is 18.4 Å². The van der Waals surface area contributed by atoms with Gasteiger partial charge in [0.15, 0.2) is 0 Å². The molecule has 7 heteroatoms. The van der Waals surface area contributed by atoms with Crippen LogP contribution in [0.3, 0.4) is 0 Å². The summed E-state index contributed by atoms with van der Waals surface area (Å²) in [6, 6.07) is 5.98. The van der Waals surface area contributed by atoms with Crippen molar-refractivity contribution in [3.63, 3.8) is 0 Å². The average Bonchev–Trinajstić information content (AvgIpc) is 2.85. The Morgan fingerprint density at radius 3 is 2.63 bits per heavy atom. The largest absolute Gasteiger partial charge is 0.478 e. The van der Waals surface area contributed by atoms with Crippen molar-refractivity contribution in [1.29, 1.82) is 0 Å². The molecule has 0 bridgehead atoms. The van der Waals surface area contributed by atoms with E-state index in [9.17, 15) is 13.2 Å². The molecule has 0 unspecified atom stereocenters. The van der Waals surface area contributed by atoms with Gasteiger partial charge >= 0.3 is 5.97 Å². The maximum Gasteiger partial charge on any atom is 0.337 e. The first kappa shape index (κ1) is 13.6. The number of aryl methyl sites for hydroxylation is 1. The highest BCUT2D eigenvalue weighted by molar-refractivity contribution is 7.92. The number of carboxylic acid groups (broad SMARTS) is 1. The lowest BCUT2D eigenvalue weighted by molar-refractivity contribution is 0.0698. The molecule has 2 rings (SSSR count). The summed E-state index contributed by atoms with van der Waals surface area (Å²) in [5.74, 6) is -1.17. The Kier molecular flexibility index (Phi) is 3.59. The highest BCUT2D eigenvalue weighted by Crippen LogP contribution is 2.22. The molecule has 0 amide bonds. The number of nitrogens with one attached hydrogen (secondary N) is 1. The third-order valence-corrected chi connectivity index (χ3v) is 4.65. The van der Waals surface area contributed by atoms with E-state index in [0.717, 1.165) is 5.56 Å². The zero-order valence-corrected chi connectivity index (χ0v) is 11.6. The monoisotopic (exact) mass is 297 g/mol. The number of carbonyl (C=O) groups is 1. The van der Waals surface area contributed by atoms with Crippen LogP contribution >= 0.6 is 11.3 Å². The van der Waals surface area contributed by atoms with Crippen LogP contribution in [0, 0.1) is 6.92 Å². The van der Waals surface area contributed by atoms with Crippen LogP contribution < -0.4 is 4.72 Å². The molecule has 0 atom stereocenters. The number of carboxylic acids is 1. The maximum atomic E-state index is 12.0. The van der Waals surface area contributed by atoms with Crippen LogP contribution in [0.2, 0.25) is 0 Å². The summed E-state index contributed by atoms with van der Waals surface area (Å²) >= 11 is 1.25. The van der Waals surface area contributed by atoms with E-state index in [2.05, 4.69) is 4.72 Å². The third-order valence-electron chi connectivity index (χ3n) is 2.46. The van der Waals surface area contributed by atoms with Crippen LogP contribution in [0.25, 0.3) is 0 Å². The molecule has 2 N–H and O–H groups in total. The van der Waals surface area contributed by atoms with Crippen LogP contribution in [0.15, 0.2) is 39.9 Å². The predicted octanol–water partition coefficient (Wildman–Crippen LogP) is 2.56. The molecule has 1 aromatic carbocycles. The molecule has 0 aliphatic rings. The fourth-order valence-electron chi connectivity index (χ4n) is 1.53. The normalized spacial score (nSPS) is 11.2. The first-order valence-electron chi connectivity index (χ1n) is 5.29.